The maximum Gasteiger partial charge on any atom is 0.217 e. The minimum atomic E-state index is -2.21. The maximum atomic E-state index is 9.50. The van der Waals surface area contributed by atoms with Crippen LogP contribution in [0.3, 0.4) is 0 Å². The number of hydrogen-bond acceptors (Lipinski definition) is 5. The van der Waals surface area contributed by atoms with Gasteiger partial charge in [-0.2, -0.15) is 0 Å². The van der Waals surface area contributed by atoms with Crippen LogP contribution in [0.5, 0.6) is 0 Å². The molecule has 1 heterocycles. The van der Waals surface area contributed by atoms with Crippen molar-refractivity contribution in [3.8, 4) is 0 Å². The van der Waals surface area contributed by atoms with Crippen LogP contribution in [-0.2, 0) is 6.42 Å². The minimum Gasteiger partial charge on any atom is -0.511 e. The summed E-state index contributed by atoms with van der Waals surface area (Å²) in [6.07, 6.45) is 0.651. The second-order valence-electron chi connectivity index (χ2n) is 4.22. The summed E-state index contributed by atoms with van der Waals surface area (Å²) in [7, 11) is -2.21. The Morgan fingerprint density at radius 1 is 1.37 bits per heavy atom. The maximum absolute atomic E-state index is 9.50. The lowest BCUT2D eigenvalue weighted by molar-refractivity contribution is 0.362. The Kier molecular flexibility index (Phi) is 4.88. The summed E-state index contributed by atoms with van der Waals surface area (Å²) in [5.74, 6) is 0.644. The van der Waals surface area contributed by atoms with E-state index in [2.05, 4.69) is 11.9 Å². The number of allylic oxidation sites excluding steroid dienone is 1. The van der Waals surface area contributed by atoms with Crippen LogP contribution in [-0.4, -0.2) is 26.7 Å². The molecule has 1 aromatic rings. The first kappa shape index (κ1) is 14.4. The summed E-state index contributed by atoms with van der Waals surface area (Å²) in [5.41, 5.74) is 1.53. The van der Waals surface area contributed by atoms with Crippen molar-refractivity contribution in [2.45, 2.75) is 12.5 Å². The van der Waals surface area contributed by atoms with Gasteiger partial charge in [-0.25, -0.2) is 0 Å². The monoisotopic (exact) mass is 297 g/mol. The first-order chi connectivity index (χ1) is 9.08. The van der Waals surface area contributed by atoms with Crippen molar-refractivity contribution in [2.24, 2.45) is 0 Å². The van der Waals surface area contributed by atoms with Crippen LogP contribution >= 0.6 is 20.1 Å². The molecule has 0 bridgehead atoms. The third-order valence-electron chi connectivity index (χ3n) is 2.81. The van der Waals surface area contributed by atoms with E-state index >= 15 is 0 Å². The molecule has 1 unspecified atom stereocenters. The minimum absolute atomic E-state index is 0.0145. The van der Waals surface area contributed by atoms with Crippen molar-refractivity contribution in [3.63, 3.8) is 0 Å². The number of aliphatic hydroxyl groups excluding tert-OH is 1. The largest absolute Gasteiger partial charge is 0.511 e. The summed E-state index contributed by atoms with van der Waals surface area (Å²) in [4.78, 5) is 19.9. The van der Waals surface area contributed by atoms with Crippen molar-refractivity contribution in [1.29, 1.82) is 0 Å². The number of benzene rings is 1. The molecule has 19 heavy (non-hydrogen) atoms. The SMILES string of the molecule is C=C(O)C1CSC(Cc2ccccc2)=C(P(O)O)N1. The van der Waals surface area contributed by atoms with Crippen LogP contribution < -0.4 is 5.32 Å². The normalized spacial score (nSPS) is 19.4. The Morgan fingerprint density at radius 3 is 2.63 bits per heavy atom. The van der Waals surface area contributed by atoms with E-state index in [9.17, 15) is 14.9 Å². The van der Waals surface area contributed by atoms with Gasteiger partial charge in [0.05, 0.1) is 6.04 Å². The Morgan fingerprint density at radius 2 is 2.05 bits per heavy atom. The molecule has 102 valence electrons. The molecule has 1 aromatic carbocycles. The van der Waals surface area contributed by atoms with E-state index in [4.69, 9.17) is 0 Å². The number of nitrogens with one attached hydrogen (secondary N) is 1. The van der Waals surface area contributed by atoms with E-state index in [0.717, 1.165) is 10.5 Å². The van der Waals surface area contributed by atoms with Crippen LogP contribution in [0, 0.1) is 0 Å². The van der Waals surface area contributed by atoms with Gasteiger partial charge in [0.2, 0.25) is 8.38 Å². The molecule has 0 saturated carbocycles. The molecule has 0 spiro atoms. The molecule has 4 N–H and O–H groups in total. The molecule has 6 heteroatoms. The smallest absolute Gasteiger partial charge is 0.217 e. The van der Waals surface area contributed by atoms with Crippen molar-refractivity contribution >= 4 is 20.1 Å². The molecule has 0 aromatic heterocycles. The predicted molar refractivity (Wildman–Crippen MR) is 79.7 cm³/mol. The standard InChI is InChI=1S/C13H16NO3PS/c1-9(15)11-8-19-12(13(14-11)18(16)17)7-10-5-3-2-4-6-10/h2-6,11,14-17H,1,7-8H2. The Labute approximate surface area is 117 Å². The summed E-state index contributed by atoms with van der Waals surface area (Å²) in [6, 6.07) is 9.52. The molecule has 4 nitrogen and oxygen atoms in total. The van der Waals surface area contributed by atoms with Crippen molar-refractivity contribution in [3.05, 3.63) is 58.6 Å². The lowest BCUT2D eigenvalue weighted by atomic mass is 10.1. The average Bonchev–Trinajstić information content (AvgIpc) is 2.39. The van der Waals surface area contributed by atoms with Gasteiger partial charge in [0.25, 0.3) is 0 Å². The fourth-order valence-electron chi connectivity index (χ4n) is 1.80. The highest BCUT2D eigenvalue weighted by Gasteiger charge is 2.26. The van der Waals surface area contributed by atoms with Gasteiger partial charge in [-0.1, -0.05) is 36.9 Å². The number of rotatable bonds is 4. The fraction of sp³-hybridized carbons (Fsp3) is 0.231. The van der Waals surface area contributed by atoms with Crippen LogP contribution in [0.25, 0.3) is 0 Å². The van der Waals surface area contributed by atoms with Gasteiger partial charge in [0.1, 0.15) is 11.2 Å². The molecule has 0 amide bonds. The zero-order valence-electron chi connectivity index (χ0n) is 10.3. The zero-order chi connectivity index (χ0) is 13.8. The zero-order valence-corrected chi connectivity index (χ0v) is 12.0. The summed E-state index contributed by atoms with van der Waals surface area (Å²) < 4.78 is 0. The van der Waals surface area contributed by atoms with E-state index < -0.39 is 8.38 Å². The number of hydrogen-bond donors (Lipinski definition) is 4. The lowest BCUT2D eigenvalue weighted by Gasteiger charge is -2.28. The number of thioether (sulfide) groups is 1. The third kappa shape index (κ3) is 3.74. The first-order valence-electron chi connectivity index (χ1n) is 5.80. The van der Waals surface area contributed by atoms with Crippen LogP contribution in [0.4, 0.5) is 0 Å². The molecule has 0 fully saturated rings. The topological polar surface area (TPSA) is 72.7 Å². The van der Waals surface area contributed by atoms with Gasteiger partial charge >= 0.3 is 0 Å². The van der Waals surface area contributed by atoms with Gasteiger partial charge in [0.15, 0.2) is 0 Å². The Bertz CT molecular complexity index is 490. The van der Waals surface area contributed by atoms with Gasteiger partial charge in [-0.3, -0.25) is 0 Å². The average molecular weight is 297 g/mol. The Hall–Kier alpha value is -1.00. The number of aliphatic hydroxyl groups is 1. The van der Waals surface area contributed by atoms with E-state index in [1.807, 2.05) is 30.3 Å². The first-order valence-corrected chi connectivity index (χ1v) is 8.03. The lowest BCUT2D eigenvalue weighted by Crippen LogP contribution is -2.35. The van der Waals surface area contributed by atoms with Crippen molar-refractivity contribution in [1.82, 2.24) is 5.32 Å². The van der Waals surface area contributed by atoms with E-state index in [1.54, 1.807) is 0 Å². The second kappa shape index (κ2) is 6.44. The summed E-state index contributed by atoms with van der Waals surface area (Å²) in [5, 5.41) is 12.4. The molecule has 1 atom stereocenters. The van der Waals surface area contributed by atoms with Gasteiger partial charge in [-0.05, 0) is 5.56 Å². The molecule has 0 saturated heterocycles. The van der Waals surface area contributed by atoms with E-state index in [-0.39, 0.29) is 11.8 Å². The van der Waals surface area contributed by atoms with Crippen LogP contribution in [0.2, 0.25) is 0 Å². The molecular weight excluding hydrogens is 281 g/mol. The van der Waals surface area contributed by atoms with Crippen molar-refractivity contribution in [2.75, 3.05) is 5.75 Å². The molecular formula is C13H16NO3PS. The highest BCUT2D eigenvalue weighted by atomic mass is 32.2. The van der Waals surface area contributed by atoms with Crippen molar-refractivity contribution < 1.29 is 14.9 Å². The highest BCUT2D eigenvalue weighted by Crippen LogP contribution is 2.43. The van der Waals surface area contributed by atoms with Gasteiger partial charge < -0.3 is 20.2 Å². The molecule has 1 aliphatic rings. The molecule has 2 rings (SSSR count). The Balaban J connectivity index is 2.20. The predicted octanol–water partition coefficient (Wildman–Crippen LogP) is 2.47. The quantitative estimate of drug-likeness (QED) is 0.507. The molecule has 0 aliphatic carbocycles. The molecule has 1 aliphatic heterocycles. The third-order valence-corrected chi connectivity index (χ3v) is 4.96. The summed E-state index contributed by atoms with van der Waals surface area (Å²) >= 11 is 1.52. The second-order valence-corrected chi connectivity index (χ2v) is 6.36. The van der Waals surface area contributed by atoms with Crippen LogP contribution in [0.1, 0.15) is 5.56 Å². The van der Waals surface area contributed by atoms with Gasteiger partial charge in [0, 0.05) is 17.1 Å². The van der Waals surface area contributed by atoms with E-state index in [1.165, 1.54) is 11.8 Å². The molecule has 0 radical (unpaired) electrons. The summed E-state index contributed by atoms with van der Waals surface area (Å²) in [6.45, 7) is 3.48. The van der Waals surface area contributed by atoms with E-state index in [0.29, 0.717) is 17.6 Å². The van der Waals surface area contributed by atoms with Gasteiger partial charge in [-0.15, -0.1) is 11.8 Å². The van der Waals surface area contributed by atoms with Crippen LogP contribution in [0.15, 0.2) is 53.0 Å². The fourth-order valence-corrected chi connectivity index (χ4v) is 3.92. The highest BCUT2D eigenvalue weighted by molar-refractivity contribution is 8.03.